The molecule has 1 aliphatic rings. The highest BCUT2D eigenvalue weighted by Crippen LogP contribution is 2.28. The molecule has 0 amide bonds. The summed E-state index contributed by atoms with van der Waals surface area (Å²) < 4.78 is 23.7. The predicted octanol–water partition coefficient (Wildman–Crippen LogP) is 3.86. The molecule has 2 aromatic carbocycles. The molecule has 25 heavy (non-hydrogen) atoms. The van der Waals surface area contributed by atoms with Crippen LogP contribution in [0.3, 0.4) is 0 Å². The van der Waals surface area contributed by atoms with Gasteiger partial charge in [0.05, 0.1) is 4.47 Å². The minimum absolute atomic E-state index is 0.117. The quantitative estimate of drug-likeness (QED) is 0.443. The Balaban J connectivity index is 1.88. The Hall–Kier alpha value is -2.80. The largest absolute Gasteiger partial charge is 0.426 e. The Morgan fingerprint density at radius 3 is 2.60 bits per heavy atom. The second kappa shape index (κ2) is 6.98. The van der Waals surface area contributed by atoms with Crippen LogP contribution in [0.1, 0.15) is 18.1 Å². The lowest BCUT2D eigenvalue weighted by atomic mass is 10.2. The molecule has 3 rings (SSSR count). The molecular formula is C18H11BrFNO4. The van der Waals surface area contributed by atoms with E-state index in [1.807, 2.05) is 0 Å². The molecule has 0 spiro atoms. The molecule has 1 aliphatic heterocycles. The number of esters is 2. The standard InChI is InChI=1S/C18H11BrFNO4/c1-10(22)24-16-7-2-11(8-14(16)19)9-15-18(23)25-17(21-15)12-3-5-13(20)6-4-12/h2-9H,1H3. The zero-order valence-electron chi connectivity index (χ0n) is 13.0. The van der Waals surface area contributed by atoms with Gasteiger partial charge in [0.1, 0.15) is 11.6 Å². The van der Waals surface area contributed by atoms with Crippen LogP contribution in [-0.4, -0.2) is 17.8 Å². The second-order valence-electron chi connectivity index (χ2n) is 5.13. The van der Waals surface area contributed by atoms with E-state index in [2.05, 4.69) is 20.9 Å². The fourth-order valence-corrected chi connectivity index (χ4v) is 2.60. The van der Waals surface area contributed by atoms with E-state index in [1.54, 1.807) is 24.3 Å². The van der Waals surface area contributed by atoms with E-state index < -0.39 is 11.9 Å². The number of carbonyl (C=O) groups excluding carboxylic acids is 2. The van der Waals surface area contributed by atoms with E-state index in [9.17, 15) is 14.0 Å². The Bertz CT molecular complexity index is 919. The topological polar surface area (TPSA) is 65.0 Å². The number of hydrogen-bond acceptors (Lipinski definition) is 5. The molecule has 0 saturated heterocycles. The summed E-state index contributed by atoms with van der Waals surface area (Å²) in [6.45, 7) is 1.31. The molecule has 0 aromatic heterocycles. The van der Waals surface area contributed by atoms with Crippen molar-refractivity contribution in [3.8, 4) is 5.75 Å². The third kappa shape index (κ3) is 4.00. The van der Waals surface area contributed by atoms with Crippen LogP contribution < -0.4 is 4.74 Å². The SMILES string of the molecule is CC(=O)Oc1ccc(C=C2N=C(c3ccc(F)cc3)OC2=O)cc1Br. The summed E-state index contributed by atoms with van der Waals surface area (Å²) in [6, 6.07) is 10.4. The van der Waals surface area contributed by atoms with Gasteiger partial charge in [-0.1, -0.05) is 6.07 Å². The number of carbonyl (C=O) groups is 2. The van der Waals surface area contributed by atoms with Gasteiger partial charge in [-0.15, -0.1) is 0 Å². The van der Waals surface area contributed by atoms with Crippen molar-refractivity contribution in [2.75, 3.05) is 0 Å². The molecule has 0 saturated carbocycles. The van der Waals surface area contributed by atoms with Gasteiger partial charge in [0, 0.05) is 12.5 Å². The van der Waals surface area contributed by atoms with E-state index in [1.165, 1.54) is 31.2 Å². The fourth-order valence-electron chi connectivity index (χ4n) is 2.13. The van der Waals surface area contributed by atoms with Gasteiger partial charge in [-0.3, -0.25) is 4.79 Å². The van der Waals surface area contributed by atoms with Crippen LogP contribution in [0.25, 0.3) is 6.08 Å². The lowest BCUT2D eigenvalue weighted by molar-refractivity contribution is -0.132. The van der Waals surface area contributed by atoms with Crippen molar-refractivity contribution in [1.29, 1.82) is 0 Å². The van der Waals surface area contributed by atoms with E-state index in [4.69, 9.17) is 9.47 Å². The van der Waals surface area contributed by atoms with Crippen LogP contribution in [0.2, 0.25) is 0 Å². The lowest BCUT2D eigenvalue weighted by Gasteiger charge is -2.04. The Kier molecular flexibility index (Phi) is 4.76. The molecule has 0 aliphatic carbocycles. The first-order valence-corrected chi connectivity index (χ1v) is 7.98. The molecule has 0 atom stereocenters. The Labute approximate surface area is 150 Å². The summed E-state index contributed by atoms with van der Waals surface area (Å²) in [7, 11) is 0. The van der Waals surface area contributed by atoms with Gasteiger partial charge in [-0.05, 0) is 64.0 Å². The van der Waals surface area contributed by atoms with Crippen LogP contribution in [0.5, 0.6) is 5.75 Å². The van der Waals surface area contributed by atoms with E-state index >= 15 is 0 Å². The van der Waals surface area contributed by atoms with E-state index in [0.717, 1.165) is 0 Å². The van der Waals surface area contributed by atoms with E-state index in [0.29, 0.717) is 21.3 Å². The van der Waals surface area contributed by atoms with Crippen LogP contribution >= 0.6 is 15.9 Å². The average Bonchev–Trinajstić information content (AvgIpc) is 2.91. The van der Waals surface area contributed by atoms with Gasteiger partial charge < -0.3 is 9.47 Å². The van der Waals surface area contributed by atoms with Crippen LogP contribution in [0, 0.1) is 5.82 Å². The number of cyclic esters (lactones) is 1. The molecular weight excluding hydrogens is 393 g/mol. The molecule has 0 fully saturated rings. The molecule has 0 bridgehead atoms. The number of nitrogens with zero attached hydrogens (tertiary/aromatic N) is 1. The molecule has 126 valence electrons. The van der Waals surface area contributed by atoms with Crippen LogP contribution in [0.4, 0.5) is 4.39 Å². The maximum absolute atomic E-state index is 13.0. The highest BCUT2D eigenvalue weighted by Gasteiger charge is 2.24. The number of rotatable bonds is 3. The number of halogens is 2. The Morgan fingerprint density at radius 1 is 1.24 bits per heavy atom. The van der Waals surface area contributed by atoms with Gasteiger partial charge >= 0.3 is 11.9 Å². The van der Waals surface area contributed by atoms with Crippen LogP contribution in [-0.2, 0) is 14.3 Å². The summed E-state index contributed by atoms with van der Waals surface area (Å²) >= 11 is 3.30. The molecule has 0 unspecified atom stereocenters. The molecule has 1 heterocycles. The lowest BCUT2D eigenvalue weighted by Crippen LogP contribution is -2.05. The fraction of sp³-hybridized carbons (Fsp3) is 0.0556. The maximum Gasteiger partial charge on any atom is 0.363 e. The van der Waals surface area contributed by atoms with Crippen molar-refractivity contribution in [3.63, 3.8) is 0 Å². The maximum atomic E-state index is 13.0. The molecule has 7 heteroatoms. The number of aliphatic imine (C=N–C) groups is 1. The second-order valence-corrected chi connectivity index (χ2v) is 5.98. The van der Waals surface area contributed by atoms with Crippen molar-refractivity contribution < 1.29 is 23.5 Å². The van der Waals surface area contributed by atoms with Gasteiger partial charge in [0.2, 0.25) is 5.90 Å². The normalized spacial score (nSPS) is 15.1. The third-order valence-corrected chi connectivity index (χ3v) is 3.84. The summed E-state index contributed by atoms with van der Waals surface area (Å²) in [6.07, 6.45) is 1.54. The van der Waals surface area contributed by atoms with Crippen molar-refractivity contribution in [2.24, 2.45) is 4.99 Å². The number of benzene rings is 2. The van der Waals surface area contributed by atoms with Crippen molar-refractivity contribution >= 4 is 39.8 Å². The molecule has 0 radical (unpaired) electrons. The highest BCUT2D eigenvalue weighted by molar-refractivity contribution is 9.10. The summed E-state index contributed by atoms with van der Waals surface area (Å²) in [4.78, 5) is 27.1. The summed E-state index contributed by atoms with van der Waals surface area (Å²) in [5, 5.41) is 0. The zero-order valence-corrected chi connectivity index (χ0v) is 14.5. The van der Waals surface area contributed by atoms with Crippen molar-refractivity contribution in [1.82, 2.24) is 0 Å². The van der Waals surface area contributed by atoms with Crippen LogP contribution in [0.15, 0.2) is 57.6 Å². The van der Waals surface area contributed by atoms with Crippen molar-refractivity contribution in [2.45, 2.75) is 6.92 Å². The van der Waals surface area contributed by atoms with Gasteiger partial charge in [0.25, 0.3) is 0 Å². The minimum atomic E-state index is -0.598. The first kappa shape index (κ1) is 17.0. The number of hydrogen-bond donors (Lipinski definition) is 0. The summed E-state index contributed by atoms with van der Waals surface area (Å²) in [5.41, 5.74) is 1.29. The van der Waals surface area contributed by atoms with Crippen molar-refractivity contribution in [3.05, 3.63) is 69.6 Å². The number of ether oxygens (including phenoxy) is 2. The molecule has 0 N–H and O–H groups in total. The van der Waals surface area contributed by atoms with Gasteiger partial charge in [0.15, 0.2) is 5.70 Å². The predicted molar refractivity (Wildman–Crippen MR) is 92.5 cm³/mol. The van der Waals surface area contributed by atoms with Gasteiger partial charge in [-0.25, -0.2) is 14.2 Å². The first-order chi connectivity index (χ1) is 11.9. The monoisotopic (exact) mass is 403 g/mol. The highest BCUT2D eigenvalue weighted by atomic mass is 79.9. The molecule has 5 nitrogen and oxygen atoms in total. The molecule has 2 aromatic rings. The Morgan fingerprint density at radius 2 is 1.96 bits per heavy atom. The average molecular weight is 404 g/mol. The third-order valence-electron chi connectivity index (χ3n) is 3.22. The first-order valence-electron chi connectivity index (χ1n) is 7.19. The van der Waals surface area contributed by atoms with Gasteiger partial charge in [-0.2, -0.15) is 0 Å². The van der Waals surface area contributed by atoms with E-state index in [-0.39, 0.29) is 17.4 Å². The zero-order chi connectivity index (χ0) is 18.0. The smallest absolute Gasteiger partial charge is 0.363 e. The minimum Gasteiger partial charge on any atom is -0.426 e. The summed E-state index contributed by atoms with van der Waals surface area (Å²) in [5.74, 6) is -0.924.